The Morgan fingerprint density at radius 3 is 1.65 bits per heavy atom. The van der Waals surface area contributed by atoms with Crippen molar-refractivity contribution < 1.29 is 14.0 Å². The van der Waals surface area contributed by atoms with E-state index < -0.39 is 12.6 Å². The molecule has 0 saturated heterocycles. The summed E-state index contributed by atoms with van der Waals surface area (Å²) >= 11 is 0. The van der Waals surface area contributed by atoms with Gasteiger partial charge in [-0.15, -0.1) is 0 Å². The Labute approximate surface area is 150 Å². The van der Waals surface area contributed by atoms with Crippen molar-refractivity contribution in [2.45, 2.75) is 0 Å². The van der Waals surface area contributed by atoms with E-state index in [1.54, 1.807) is 48.5 Å². The van der Waals surface area contributed by atoms with Gasteiger partial charge in [0.2, 0.25) is 0 Å². The third-order valence-corrected chi connectivity index (χ3v) is 4.95. The summed E-state index contributed by atoms with van der Waals surface area (Å²) in [6.07, 6.45) is 0. The highest BCUT2D eigenvalue weighted by atomic mass is 31.2. The highest BCUT2D eigenvalue weighted by Gasteiger charge is 2.25. The summed E-state index contributed by atoms with van der Waals surface area (Å²) in [5, 5.41) is 16.5. The van der Waals surface area contributed by atoms with Gasteiger partial charge >= 0.3 is 7.67 Å². The van der Waals surface area contributed by atoms with Gasteiger partial charge in [-0.1, -0.05) is 36.4 Å². The molecule has 8 heteroatoms. The Bertz CT molecular complexity index is 873. The van der Waals surface area contributed by atoms with Gasteiger partial charge in [0.05, 0.1) is 4.92 Å². The van der Waals surface area contributed by atoms with Crippen LogP contribution in [0, 0.1) is 10.1 Å². The van der Waals surface area contributed by atoms with E-state index in [-0.39, 0.29) is 11.4 Å². The quantitative estimate of drug-likeness (QED) is 0.333. The van der Waals surface area contributed by atoms with Crippen molar-refractivity contribution in [1.82, 2.24) is 0 Å². The molecule has 7 nitrogen and oxygen atoms in total. The van der Waals surface area contributed by atoms with Gasteiger partial charge in [0, 0.05) is 23.5 Å². The minimum Gasteiger partial charge on any atom is -0.414 e. The van der Waals surface area contributed by atoms with Crippen molar-refractivity contribution >= 4 is 24.7 Å². The molecule has 0 spiro atoms. The van der Waals surface area contributed by atoms with Gasteiger partial charge in [-0.3, -0.25) is 20.3 Å². The minimum atomic E-state index is -3.59. The van der Waals surface area contributed by atoms with Gasteiger partial charge in [0.1, 0.15) is 5.75 Å². The molecule has 0 aliphatic rings. The molecule has 0 saturated carbocycles. The van der Waals surface area contributed by atoms with E-state index in [1.807, 2.05) is 12.1 Å². The normalized spacial score (nSPS) is 10.8. The SMILES string of the molecule is O=[N+]([O-])c1ccc(OP(=O)(Nc2ccccc2)Nc2ccccc2)cc1. The summed E-state index contributed by atoms with van der Waals surface area (Å²) in [6.45, 7) is 0. The zero-order valence-corrected chi connectivity index (χ0v) is 14.5. The molecule has 0 aromatic heterocycles. The van der Waals surface area contributed by atoms with Crippen molar-refractivity contribution in [2.75, 3.05) is 10.2 Å². The predicted octanol–water partition coefficient (Wildman–Crippen LogP) is 5.31. The van der Waals surface area contributed by atoms with Gasteiger partial charge in [0.15, 0.2) is 0 Å². The lowest BCUT2D eigenvalue weighted by molar-refractivity contribution is -0.384. The van der Waals surface area contributed by atoms with E-state index in [9.17, 15) is 14.7 Å². The number of nitro benzene ring substituents is 1. The molecule has 3 rings (SSSR count). The lowest BCUT2D eigenvalue weighted by Gasteiger charge is -2.22. The van der Waals surface area contributed by atoms with Crippen LogP contribution in [0.25, 0.3) is 0 Å². The molecule has 0 unspecified atom stereocenters. The third kappa shape index (κ3) is 4.62. The number of para-hydroxylation sites is 2. The fourth-order valence-electron chi connectivity index (χ4n) is 2.22. The monoisotopic (exact) mass is 369 g/mol. The molecule has 0 fully saturated rings. The number of hydrogen-bond donors (Lipinski definition) is 2. The van der Waals surface area contributed by atoms with E-state index >= 15 is 0 Å². The van der Waals surface area contributed by atoms with Crippen molar-refractivity contribution in [1.29, 1.82) is 0 Å². The molecule has 3 aromatic rings. The maximum atomic E-state index is 13.4. The average molecular weight is 369 g/mol. The zero-order valence-electron chi connectivity index (χ0n) is 13.6. The van der Waals surface area contributed by atoms with Crippen molar-refractivity contribution in [2.24, 2.45) is 0 Å². The highest BCUT2D eigenvalue weighted by molar-refractivity contribution is 7.62. The number of non-ortho nitro benzene ring substituents is 1. The number of nitro groups is 1. The Balaban J connectivity index is 1.86. The molecule has 0 heterocycles. The maximum Gasteiger partial charge on any atom is 0.444 e. The summed E-state index contributed by atoms with van der Waals surface area (Å²) in [5.41, 5.74) is 1.15. The van der Waals surface area contributed by atoms with E-state index in [0.717, 1.165) is 0 Å². The fraction of sp³-hybridized carbons (Fsp3) is 0. The first kappa shape index (κ1) is 17.5. The van der Waals surface area contributed by atoms with Crippen LogP contribution >= 0.6 is 7.67 Å². The van der Waals surface area contributed by atoms with Gasteiger partial charge in [-0.25, -0.2) is 4.57 Å². The molecule has 26 heavy (non-hydrogen) atoms. The van der Waals surface area contributed by atoms with Crippen molar-refractivity contribution in [3.05, 3.63) is 95.0 Å². The first-order valence-corrected chi connectivity index (χ1v) is 9.37. The number of benzene rings is 3. The fourth-order valence-corrected chi connectivity index (χ4v) is 3.76. The molecule has 0 atom stereocenters. The van der Waals surface area contributed by atoms with Crippen LogP contribution in [0.2, 0.25) is 0 Å². The highest BCUT2D eigenvalue weighted by Crippen LogP contribution is 2.47. The number of nitrogens with zero attached hydrogens (tertiary/aromatic N) is 1. The molecule has 0 aliphatic carbocycles. The average Bonchev–Trinajstić information content (AvgIpc) is 2.63. The van der Waals surface area contributed by atoms with Crippen LogP contribution < -0.4 is 14.7 Å². The Hall–Kier alpha value is -3.31. The molecular weight excluding hydrogens is 353 g/mol. The molecule has 0 amide bonds. The molecule has 0 aliphatic heterocycles. The molecule has 0 bridgehead atoms. The van der Waals surface area contributed by atoms with Crippen LogP contribution in [0.4, 0.5) is 17.1 Å². The topological polar surface area (TPSA) is 93.5 Å². The third-order valence-electron chi connectivity index (χ3n) is 3.38. The van der Waals surface area contributed by atoms with Gasteiger partial charge in [-0.2, -0.15) is 0 Å². The summed E-state index contributed by atoms with van der Waals surface area (Å²) < 4.78 is 19.0. The van der Waals surface area contributed by atoms with Gasteiger partial charge in [0.25, 0.3) is 5.69 Å². The second-order valence-corrected chi connectivity index (χ2v) is 7.08. The summed E-state index contributed by atoms with van der Waals surface area (Å²) in [5.74, 6) is 0.241. The molecular formula is C18H16N3O4P. The summed E-state index contributed by atoms with van der Waals surface area (Å²) in [4.78, 5) is 10.3. The number of rotatable bonds is 7. The second-order valence-electron chi connectivity index (χ2n) is 5.35. The van der Waals surface area contributed by atoms with Gasteiger partial charge in [-0.05, 0) is 36.4 Å². The Morgan fingerprint density at radius 1 is 0.769 bits per heavy atom. The van der Waals surface area contributed by atoms with Crippen molar-refractivity contribution in [3.63, 3.8) is 0 Å². The lowest BCUT2D eigenvalue weighted by Crippen LogP contribution is -2.12. The van der Waals surface area contributed by atoms with Crippen LogP contribution in [0.1, 0.15) is 0 Å². The summed E-state index contributed by atoms with van der Waals surface area (Å²) in [7, 11) is -3.59. The standard InChI is InChI=1S/C18H16N3O4P/c22-21(23)17-11-13-18(14-12-17)25-26(24,19-15-7-3-1-4-8-15)20-16-9-5-2-6-10-16/h1-14H,(H2,19,20,24). The largest absolute Gasteiger partial charge is 0.444 e. The Morgan fingerprint density at radius 2 is 1.23 bits per heavy atom. The number of anilines is 2. The van der Waals surface area contributed by atoms with E-state index in [4.69, 9.17) is 4.52 Å². The first-order chi connectivity index (χ1) is 12.5. The summed E-state index contributed by atoms with van der Waals surface area (Å²) in [6, 6.07) is 23.4. The zero-order chi connectivity index (χ0) is 18.4. The van der Waals surface area contributed by atoms with Crippen LogP contribution in [0.5, 0.6) is 5.75 Å². The van der Waals surface area contributed by atoms with Crippen LogP contribution in [-0.2, 0) is 4.57 Å². The van der Waals surface area contributed by atoms with Crippen LogP contribution in [0.15, 0.2) is 84.9 Å². The van der Waals surface area contributed by atoms with Crippen molar-refractivity contribution in [3.8, 4) is 5.75 Å². The maximum absolute atomic E-state index is 13.4. The smallest absolute Gasteiger partial charge is 0.414 e. The predicted molar refractivity (Wildman–Crippen MR) is 101 cm³/mol. The van der Waals surface area contributed by atoms with E-state index in [1.165, 1.54) is 24.3 Å². The van der Waals surface area contributed by atoms with E-state index in [0.29, 0.717) is 11.4 Å². The molecule has 2 N–H and O–H groups in total. The number of nitrogens with one attached hydrogen (secondary N) is 2. The Kier molecular flexibility index (Phi) is 5.20. The molecule has 3 aromatic carbocycles. The van der Waals surface area contributed by atoms with Gasteiger partial charge < -0.3 is 4.52 Å². The first-order valence-electron chi connectivity index (χ1n) is 7.75. The van der Waals surface area contributed by atoms with Crippen LogP contribution in [-0.4, -0.2) is 4.92 Å². The van der Waals surface area contributed by atoms with E-state index in [2.05, 4.69) is 10.2 Å². The van der Waals surface area contributed by atoms with Crippen LogP contribution in [0.3, 0.4) is 0 Å². The molecule has 0 radical (unpaired) electrons. The minimum absolute atomic E-state index is 0.0702. The number of hydrogen-bond acceptors (Lipinski definition) is 4. The molecule has 132 valence electrons. The lowest BCUT2D eigenvalue weighted by atomic mass is 10.3. The second kappa shape index (κ2) is 7.72.